The van der Waals surface area contributed by atoms with Crippen LogP contribution in [-0.4, -0.2) is 12.6 Å². The Morgan fingerprint density at radius 1 is 1.38 bits per heavy atom. The molecule has 1 aliphatic carbocycles. The van der Waals surface area contributed by atoms with E-state index in [0.717, 1.165) is 18.8 Å². The van der Waals surface area contributed by atoms with Crippen LogP contribution in [-0.2, 0) is 0 Å². The van der Waals surface area contributed by atoms with Gasteiger partial charge in [-0.3, -0.25) is 0 Å². The van der Waals surface area contributed by atoms with Crippen molar-refractivity contribution >= 4 is 0 Å². The number of rotatable bonds is 3. The van der Waals surface area contributed by atoms with Gasteiger partial charge in [-0.05, 0) is 25.5 Å². The highest BCUT2D eigenvalue weighted by molar-refractivity contribution is 5.26. The highest BCUT2D eigenvalue weighted by atomic mass is 16.5. The number of hydrogen-bond donors (Lipinski definition) is 1. The minimum absolute atomic E-state index is 0.380. The summed E-state index contributed by atoms with van der Waals surface area (Å²) in [5.41, 5.74) is 6.93. The van der Waals surface area contributed by atoms with Crippen molar-refractivity contribution in [3.8, 4) is 5.75 Å². The number of aryl methyl sites for hydroxylation is 1. The second-order valence-electron chi connectivity index (χ2n) is 3.78. The summed E-state index contributed by atoms with van der Waals surface area (Å²) in [4.78, 5) is 0. The topological polar surface area (TPSA) is 35.2 Å². The van der Waals surface area contributed by atoms with Gasteiger partial charge in [0.15, 0.2) is 0 Å². The van der Waals surface area contributed by atoms with Crippen LogP contribution in [0.3, 0.4) is 0 Å². The van der Waals surface area contributed by atoms with Gasteiger partial charge in [-0.2, -0.15) is 0 Å². The molecule has 2 nitrogen and oxygen atoms in total. The third kappa shape index (κ3) is 2.22. The molecule has 0 amide bonds. The minimum atomic E-state index is 0.380. The Bertz CT molecular complexity index is 281. The SMILES string of the molecule is Cc1ccc(OCC2CC2N)cc1. The van der Waals surface area contributed by atoms with Crippen LogP contribution in [0.2, 0.25) is 0 Å². The number of nitrogens with two attached hydrogens (primary N) is 1. The summed E-state index contributed by atoms with van der Waals surface area (Å²) in [6.07, 6.45) is 1.12. The zero-order valence-corrected chi connectivity index (χ0v) is 7.86. The molecule has 1 aliphatic rings. The number of hydrogen-bond acceptors (Lipinski definition) is 2. The van der Waals surface area contributed by atoms with Gasteiger partial charge >= 0.3 is 0 Å². The van der Waals surface area contributed by atoms with Crippen LogP contribution < -0.4 is 10.5 Å². The Balaban J connectivity index is 1.84. The Morgan fingerprint density at radius 2 is 2.00 bits per heavy atom. The van der Waals surface area contributed by atoms with Crippen LogP contribution in [0.25, 0.3) is 0 Å². The van der Waals surface area contributed by atoms with E-state index in [-0.39, 0.29) is 0 Å². The van der Waals surface area contributed by atoms with Crippen LogP contribution in [0.15, 0.2) is 24.3 Å². The fraction of sp³-hybridized carbons (Fsp3) is 0.455. The fourth-order valence-electron chi connectivity index (χ4n) is 1.30. The largest absolute Gasteiger partial charge is 0.493 e. The van der Waals surface area contributed by atoms with Crippen molar-refractivity contribution in [1.82, 2.24) is 0 Å². The van der Waals surface area contributed by atoms with Crippen LogP contribution in [0.5, 0.6) is 5.75 Å². The van der Waals surface area contributed by atoms with E-state index in [2.05, 4.69) is 19.1 Å². The predicted octanol–water partition coefficient (Wildman–Crippen LogP) is 1.72. The van der Waals surface area contributed by atoms with Gasteiger partial charge < -0.3 is 10.5 Å². The Labute approximate surface area is 78.7 Å². The minimum Gasteiger partial charge on any atom is -0.493 e. The zero-order chi connectivity index (χ0) is 9.26. The predicted molar refractivity (Wildman–Crippen MR) is 52.8 cm³/mol. The van der Waals surface area contributed by atoms with Crippen molar-refractivity contribution in [2.75, 3.05) is 6.61 Å². The van der Waals surface area contributed by atoms with E-state index in [1.54, 1.807) is 0 Å². The lowest BCUT2D eigenvalue weighted by Crippen LogP contribution is -2.08. The highest BCUT2D eigenvalue weighted by Crippen LogP contribution is 2.28. The molecule has 2 rings (SSSR count). The third-order valence-electron chi connectivity index (χ3n) is 2.46. The van der Waals surface area contributed by atoms with Gasteiger partial charge in [0.1, 0.15) is 5.75 Å². The molecule has 0 heterocycles. The van der Waals surface area contributed by atoms with E-state index in [1.807, 2.05) is 12.1 Å². The molecule has 1 aromatic carbocycles. The monoisotopic (exact) mass is 177 g/mol. The fourth-order valence-corrected chi connectivity index (χ4v) is 1.30. The molecule has 0 saturated heterocycles. The lowest BCUT2D eigenvalue weighted by atomic mass is 10.2. The van der Waals surface area contributed by atoms with Crippen molar-refractivity contribution < 1.29 is 4.74 Å². The molecule has 0 bridgehead atoms. The molecule has 13 heavy (non-hydrogen) atoms. The van der Waals surface area contributed by atoms with E-state index < -0.39 is 0 Å². The van der Waals surface area contributed by atoms with Gasteiger partial charge in [-0.15, -0.1) is 0 Å². The molecule has 2 unspecified atom stereocenters. The molecular formula is C11H15NO. The van der Waals surface area contributed by atoms with Crippen molar-refractivity contribution in [3.05, 3.63) is 29.8 Å². The van der Waals surface area contributed by atoms with E-state index in [0.29, 0.717) is 12.0 Å². The molecule has 2 atom stereocenters. The molecule has 1 fully saturated rings. The lowest BCUT2D eigenvalue weighted by molar-refractivity contribution is 0.297. The zero-order valence-electron chi connectivity index (χ0n) is 7.86. The van der Waals surface area contributed by atoms with E-state index in [1.165, 1.54) is 5.56 Å². The quantitative estimate of drug-likeness (QED) is 0.763. The molecule has 2 N–H and O–H groups in total. The highest BCUT2D eigenvalue weighted by Gasteiger charge is 2.33. The van der Waals surface area contributed by atoms with E-state index >= 15 is 0 Å². The smallest absolute Gasteiger partial charge is 0.119 e. The standard InChI is InChI=1S/C11H15NO/c1-8-2-4-10(5-3-8)13-7-9-6-11(9)12/h2-5,9,11H,6-7,12H2,1H3. The van der Waals surface area contributed by atoms with Crippen molar-refractivity contribution in [3.63, 3.8) is 0 Å². The molecule has 1 saturated carbocycles. The molecule has 0 spiro atoms. The molecule has 1 aromatic rings. The molecular weight excluding hydrogens is 162 g/mol. The first-order valence-corrected chi connectivity index (χ1v) is 4.71. The Kier molecular flexibility index (Phi) is 2.23. The summed E-state index contributed by atoms with van der Waals surface area (Å²) in [5, 5.41) is 0. The summed E-state index contributed by atoms with van der Waals surface area (Å²) in [6.45, 7) is 2.84. The van der Waals surface area contributed by atoms with Crippen molar-refractivity contribution in [2.45, 2.75) is 19.4 Å². The third-order valence-corrected chi connectivity index (χ3v) is 2.46. The average Bonchev–Trinajstić information content (AvgIpc) is 2.81. The summed E-state index contributed by atoms with van der Waals surface area (Å²) in [6, 6.07) is 8.50. The van der Waals surface area contributed by atoms with Crippen molar-refractivity contribution in [1.29, 1.82) is 0 Å². The molecule has 0 aromatic heterocycles. The van der Waals surface area contributed by atoms with Crippen LogP contribution in [0.4, 0.5) is 0 Å². The average molecular weight is 177 g/mol. The first kappa shape index (κ1) is 8.57. The first-order chi connectivity index (χ1) is 6.25. The maximum atomic E-state index is 5.67. The number of benzene rings is 1. The van der Waals surface area contributed by atoms with Gasteiger partial charge in [-0.25, -0.2) is 0 Å². The lowest BCUT2D eigenvalue weighted by Gasteiger charge is -2.04. The molecule has 70 valence electrons. The summed E-state index contributed by atoms with van der Waals surface area (Å²) >= 11 is 0. The van der Waals surface area contributed by atoms with Gasteiger partial charge in [0, 0.05) is 12.0 Å². The van der Waals surface area contributed by atoms with Gasteiger partial charge in [0.05, 0.1) is 6.61 Å². The second-order valence-corrected chi connectivity index (χ2v) is 3.78. The van der Waals surface area contributed by atoms with E-state index in [4.69, 9.17) is 10.5 Å². The van der Waals surface area contributed by atoms with Gasteiger partial charge in [0.2, 0.25) is 0 Å². The maximum absolute atomic E-state index is 5.67. The Hall–Kier alpha value is -1.02. The summed E-state index contributed by atoms with van der Waals surface area (Å²) in [7, 11) is 0. The van der Waals surface area contributed by atoms with Crippen LogP contribution in [0, 0.1) is 12.8 Å². The van der Waals surface area contributed by atoms with Crippen LogP contribution >= 0.6 is 0 Å². The Morgan fingerprint density at radius 3 is 2.54 bits per heavy atom. The summed E-state index contributed by atoms with van der Waals surface area (Å²) < 4.78 is 5.58. The molecule has 0 aliphatic heterocycles. The van der Waals surface area contributed by atoms with Gasteiger partial charge in [-0.1, -0.05) is 17.7 Å². The second kappa shape index (κ2) is 3.38. The van der Waals surface area contributed by atoms with E-state index in [9.17, 15) is 0 Å². The maximum Gasteiger partial charge on any atom is 0.119 e. The van der Waals surface area contributed by atoms with Crippen molar-refractivity contribution in [2.24, 2.45) is 11.7 Å². The first-order valence-electron chi connectivity index (χ1n) is 4.71. The normalized spacial score (nSPS) is 25.7. The summed E-state index contributed by atoms with van der Waals surface area (Å²) in [5.74, 6) is 1.53. The molecule has 2 heteroatoms. The van der Waals surface area contributed by atoms with Gasteiger partial charge in [0.25, 0.3) is 0 Å². The molecule has 0 radical (unpaired) electrons. The van der Waals surface area contributed by atoms with Crippen LogP contribution in [0.1, 0.15) is 12.0 Å². The number of ether oxygens (including phenoxy) is 1.